The number of Topliss-reactive ketones (excluding diaryl/α,β-unsaturated/α-hetero) is 1. The molecule has 0 fully saturated rings. The van der Waals surface area contributed by atoms with Gasteiger partial charge in [0.1, 0.15) is 11.6 Å². The lowest BCUT2D eigenvalue weighted by atomic mass is 9.99. The summed E-state index contributed by atoms with van der Waals surface area (Å²) in [7, 11) is -3.46. The summed E-state index contributed by atoms with van der Waals surface area (Å²) in [6, 6.07) is 13.1. The lowest BCUT2D eigenvalue weighted by molar-refractivity contribution is -0.299. The minimum Gasteiger partial charge on any atom is -0.319 e. The van der Waals surface area contributed by atoms with Crippen LogP contribution in [0.2, 0.25) is 0 Å². The Labute approximate surface area is 242 Å². The fourth-order valence-electron chi connectivity index (χ4n) is 3.41. The van der Waals surface area contributed by atoms with Crippen molar-refractivity contribution in [3.8, 4) is 6.07 Å². The Kier molecular flexibility index (Phi) is 12.1. The number of benzene rings is 2. The molecule has 2 aromatic carbocycles. The summed E-state index contributed by atoms with van der Waals surface area (Å²) in [4.78, 5) is 35.6. The third-order valence-electron chi connectivity index (χ3n) is 5.24. The van der Waals surface area contributed by atoms with Gasteiger partial charge in [-0.2, -0.15) is 15.0 Å². The normalized spacial score (nSPS) is 11.6. The number of carbonyl (C=O) groups is 1. The molecule has 0 aliphatic carbocycles. The van der Waals surface area contributed by atoms with E-state index in [9.17, 15) is 18.5 Å². The number of nitrogens with one attached hydrogen (secondary N) is 1. The maximum Gasteiger partial charge on any atom is 0.237 e. The Hall–Kier alpha value is -4.11. The molecule has 220 valence electrons. The minimum absolute atomic E-state index is 0.00931. The Morgan fingerprint density at radius 1 is 1.02 bits per heavy atom. The summed E-state index contributed by atoms with van der Waals surface area (Å²) in [5.41, 5.74) is 2.39. The molecule has 0 saturated heterocycles. The molecule has 0 atom stereocenters. The van der Waals surface area contributed by atoms with E-state index in [0.29, 0.717) is 23.4 Å². The molecule has 0 unspecified atom stereocenters. The van der Waals surface area contributed by atoms with Crippen LogP contribution >= 0.6 is 0 Å². The number of anilines is 2. The Morgan fingerprint density at radius 3 is 2.05 bits per heavy atom. The second-order valence-electron chi connectivity index (χ2n) is 9.62. The van der Waals surface area contributed by atoms with Crippen molar-refractivity contribution in [2.75, 3.05) is 15.4 Å². The van der Waals surface area contributed by atoms with Gasteiger partial charge in [-0.3, -0.25) is 9.52 Å². The van der Waals surface area contributed by atoms with Gasteiger partial charge < -0.3 is 9.78 Å². The summed E-state index contributed by atoms with van der Waals surface area (Å²) < 4.78 is 26.5. The molecule has 0 saturated carbocycles. The van der Waals surface area contributed by atoms with Crippen molar-refractivity contribution in [1.29, 1.82) is 5.26 Å². The molecular weight excluding hydrogens is 546 g/mol. The van der Waals surface area contributed by atoms with Crippen LogP contribution in [0.3, 0.4) is 0 Å². The van der Waals surface area contributed by atoms with E-state index >= 15 is 0 Å². The maximum absolute atomic E-state index is 13.1. The van der Waals surface area contributed by atoms with Gasteiger partial charge in [0.15, 0.2) is 0 Å². The van der Waals surface area contributed by atoms with E-state index in [1.165, 1.54) is 35.2 Å². The van der Waals surface area contributed by atoms with Crippen LogP contribution in [0.5, 0.6) is 0 Å². The molecule has 0 aliphatic heterocycles. The highest BCUT2D eigenvalue weighted by Gasteiger charge is 2.21. The fraction of sp³-hybridized carbons (Fsp3) is 0.333. The molecule has 0 aliphatic rings. The first-order valence-electron chi connectivity index (χ1n) is 13.0. The zero-order valence-corrected chi connectivity index (χ0v) is 25.1. The van der Waals surface area contributed by atoms with Crippen molar-refractivity contribution in [3.63, 3.8) is 0 Å². The van der Waals surface area contributed by atoms with Crippen molar-refractivity contribution in [1.82, 2.24) is 0 Å². The van der Waals surface area contributed by atoms with Gasteiger partial charge in [0.2, 0.25) is 27.6 Å². The summed E-state index contributed by atoms with van der Waals surface area (Å²) >= 11 is 0. The molecule has 41 heavy (non-hydrogen) atoms. The second kappa shape index (κ2) is 15.0. The largest absolute Gasteiger partial charge is 0.319 e. The predicted molar refractivity (Wildman–Crippen MR) is 159 cm³/mol. The lowest BCUT2D eigenvalue weighted by Gasteiger charge is -2.26. The van der Waals surface area contributed by atoms with Crippen LogP contribution in [0.25, 0.3) is 6.08 Å². The molecule has 0 radical (unpaired) electrons. The number of aryl methyl sites for hydroxylation is 1. The first-order chi connectivity index (χ1) is 19.3. The topological polar surface area (TPSA) is 127 Å². The van der Waals surface area contributed by atoms with Gasteiger partial charge in [0, 0.05) is 11.3 Å². The smallest absolute Gasteiger partial charge is 0.237 e. The highest BCUT2D eigenvalue weighted by atomic mass is 32.2. The summed E-state index contributed by atoms with van der Waals surface area (Å²) in [5.74, 6) is -0.357. The highest BCUT2D eigenvalue weighted by molar-refractivity contribution is 7.92. The maximum atomic E-state index is 13.1. The van der Waals surface area contributed by atoms with E-state index in [1.54, 1.807) is 52.8 Å². The predicted octanol–water partition coefficient (Wildman–Crippen LogP) is 6.40. The van der Waals surface area contributed by atoms with Crippen LogP contribution in [0, 0.1) is 18.3 Å². The number of allylic oxidation sites excluding steroid dienone is 1. The van der Waals surface area contributed by atoms with Gasteiger partial charge in [0.05, 0.1) is 23.6 Å². The zero-order valence-electron chi connectivity index (χ0n) is 24.3. The Bertz CT molecular complexity index is 1400. The lowest BCUT2D eigenvalue weighted by Crippen LogP contribution is -2.25. The van der Waals surface area contributed by atoms with Crippen molar-refractivity contribution in [2.24, 2.45) is 0 Å². The van der Waals surface area contributed by atoms with Gasteiger partial charge in [-0.25, -0.2) is 13.3 Å². The molecule has 2 rings (SSSR count). The van der Waals surface area contributed by atoms with Crippen molar-refractivity contribution < 1.29 is 32.8 Å². The van der Waals surface area contributed by atoms with E-state index in [2.05, 4.69) is 17.9 Å². The van der Waals surface area contributed by atoms with E-state index in [0.717, 1.165) is 5.56 Å². The first kappa shape index (κ1) is 33.1. The molecule has 0 amide bonds. The number of nitriles is 1. The van der Waals surface area contributed by atoms with Crippen molar-refractivity contribution in [3.05, 3.63) is 89.7 Å². The Morgan fingerprint density at radius 2 is 1.59 bits per heavy atom. The molecule has 2 aromatic rings. The average molecular weight is 584 g/mol. The summed E-state index contributed by atoms with van der Waals surface area (Å²) in [6.45, 7) is 18.6. The van der Waals surface area contributed by atoms with Crippen molar-refractivity contribution in [2.45, 2.75) is 60.2 Å². The highest BCUT2D eigenvalue weighted by Crippen LogP contribution is 2.28. The van der Waals surface area contributed by atoms with Gasteiger partial charge in [0.25, 0.3) is 0 Å². The number of carbonyl (C=O) groups excluding carboxylic acids is 1. The number of nitrogens with zero attached hydrogens (tertiary/aromatic N) is 2. The number of sulfonamides is 1. The van der Waals surface area contributed by atoms with Crippen LogP contribution < -0.4 is 9.62 Å². The summed E-state index contributed by atoms with van der Waals surface area (Å²) in [6.07, 6.45) is 1.51. The average Bonchev–Trinajstić information content (AvgIpc) is 2.90. The summed E-state index contributed by atoms with van der Waals surface area (Å²) in [5, 5.41) is 9.75. The van der Waals surface area contributed by atoms with Crippen LogP contribution in [-0.4, -0.2) is 32.2 Å². The molecule has 11 heteroatoms. The molecule has 0 heterocycles. The SMILES string of the molecule is C=C(OOC(C)C)N(C(=C)OOC(C)C)c1ccc(C=C(C#N)C(=O)c2ccc(NS(=O)(=O)CCC)cc2)c(C)c1. The van der Waals surface area contributed by atoms with Crippen LogP contribution in [0.15, 0.2) is 73.0 Å². The van der Waals surface area contributed by atoms with E-state index < -0.39 is 15.8 Å². The van der Waals surface area contributed by atoms with E-state index in [4.69, 9.17) is 19.6 Å². The first-order valence-corrected chi connectivity index (χ1v) is 14.7. The third-order valence-corrected chi connectivity index (χ3v) is 6.73. The fourth-order valence-corrected chi connectivity index (χ4v) is 4.55. The number of ketones is 1. The third kappa shape index (κ3) is 10.1. The zero-order chi connectivity index (χ0) is 30.7. The molecule has 0 spiro atoms. The van der Waals surface area contributed by atoms with E-state index in [1.807, 2.05) is 13.0 Å². The van der Waals surface area contributed by atoms with Gasteiger partial charge in [-0.1, -0.05) is 13.0 Å². The van der Waals surface area contributed by atoms with Crippen molar-refractivity contribution >= 4 is 33.3 Å². The van der Waals surface area contributed by atoms with Crippen LogP contribution in [0.4, 0.5) is 11.4 Å². The number of hydrogen-bond acceptors (Lipinski definition) is 9. The molecule has 10 nitrogen and oxygen atoms in total. The van der Waals surface area contributed by atoms with Gasteiger partial charge >= 0.3 is 0 Å². The van der Waals surface area contributed by atoms with Crippen LogP contribution in [-0.2, 0) is 29.6 Å². The van der Waals surface area contributed by atoms with Gasteiger partial charge in [-0.05, 0) is 108 Å². The number of rotatable bonds is 16. The molecular formula is C30H37N3O7S. The molecule has 0 bridgehead atoms. The second-order valence-corrected chi connectivity index (χ2v) is 11.5. The molecule has 1 N–H and O–H groups in total. The van der Waals surface area contributed by atoms with Gasteiger partial charge in [-0.15, -0.1) is 0 Å². The molecule has 0 aromatic heterocycles. The number of hydrogen-bond donors (Lipinski definition) is 1. The monoisotopic (exact) mass is 583 g/mol. The standard InChI is InChI=1S/C30H37N3O7S/c1-9-16-41(35,36)32-28-13-10-25(11-14-28)30(34)27(19-31)18-26-12-15-29(17-22(26)6)33(23(7)39-37-20(2)3)24(8)40-38-21(4)5/h10-15,17-18,20-21,32H,7-9,16H2,1-6H3. The minimum atomic E-state index is -3.46. The van der Waals surface area contributed by atoms with E-state index in [-0.39, 0.29) is 40.9 Å². The van der Waals surface area contributed by atoms with Crippen LogP contribution in [0.1, 0.15) is 62.5 Å². The quantitative estimate of drug-likeness (QED) is 0.0596. The Balaban J connectivity index is 2.33.